The lowest BCUT2D eigenvalue weighted by molar-refractivity contribution is 0.166. The maximum atomic E-state index is 13.3. The Bertz CT molecular complexity index is 879. The van der Waals surface area contributed by atoms with E-state index >= 15 is 0 Å². The predicted molar refractivity (Wildman–Crippen MR) is 102 cm³/mol. The van der Waals surface area contributed by atoms with Crippen molar-refractivity contribution in [3.8, 4) is 0 Å². The van der Waals surface area contributed by atoms with Crippen molar-refractivity contribution in [1.29, 1.82) is 0 Å². The van der Waals surface area contributed by atoms with Crippen LogP contribution in [0.1, 0.15) is 17.0 Å². The van der Waals surface area contributed by atoms with Gasteiger partial charge in [-0.2, -0.15) is 0 Å². The first kappa shape index (κ1) is 18.0. The van der Waals surface area contributed by atoms with Gasteiger partial charge in [0.2, 0.25) is 0 Å². The molecule has 132 valence electrons. The van der Waals surface area contributed by atoms with E-state index in [1.165, 1.54) is 7.11 Å². The molecule has 3 rings (SSSR count). The van der Waals surface area contributed by atoms with Gasteiger partial charge in [-0.3, -0.25) is 0 Å². The zero-order chi connectivity index (χ0) is 18.2. The van der Waals surface area contributed by atoms with Crippen LogP contribution in [0, 0.1) is 12.3 Å². The molecule has 0 aromatic heterocycles. The summed E-state index contributed by atoms with van der Waals surface area (Å²) in [6.07, 6.45) is 0. The highest BCUT2D eigenvalue weighted by Crippen LogP contribution is 2.64. The normalized spacial score (nSPS) is 25.5. The highest BCUT2D eigenvalue weighted by atomic mass is 32.2. The number of benzene rings is 2. The third-order valence-corrected chi connectivity index (χ3v) is 7.61. The molecule has 0 aliphatic heterocycles. The Labute approximate surface area is 153 Å². The van der Waals surface area contributed by atoms with Crippen LogP contribution in [0.3, 0.4) is 0 Å². The molecule has 6 heteroatoms. The molecule has 3 atom stereocenters. The summed E-state index contributed by atoms with van der Waals surface area (Å²) in [6.45, 7) is 2.17. The summed E-state index contributed by atoms with van der Waals surface area (Å²) in [4.78, 5) is 0.468. The monoisotopic (exact) mass is 375 g/mol. The van der Waals surface area contributed by atoms with Crippen LogP contribution in [0.2, 0.25) is 0 Å². The van der Waals surface area contributed by atoms with Crippen LogP contribution < -0.4 is 5.73 Å². The van der Waals surface area contributed by atoms with Gasteiger partial charge in [-0.1, -0.05) is 60.2 Å². The molecule has 0 unspecified atom stereocenters. The van der Waals surface area contributed by atoms with Crippen LogP contribution in [0.5, 0.6) is 0 Å². The van der Waals surface area contributed by atoms with Gasteiger partial charge in [0.1, 0.15) is 0 Å². The smallest absolute Gasteiger partial charge is 0.182 e. The molecule has 0 saturated heterocycles. The molecule has 0 heterocycles. The van der Waals surface area contributed by atoms with Crippen LogP contribution in [-0.2, 0) is 14.6 Å². The first-order chi connectivity index (χ1) is 11.9. The number of nitrogens with two attached hydrogens (primary N) is 1. The van der Waals surface area contributed by atoms with Gasteiger partial charge >= 0.3 is 0 Å². The van der Waals surface area contributed by atoms with Crippen molar-refractivity contribution in [3.05, 3.63) is 65.7 Å². The summed E-state index contributed by atoms with van der Waals surface area (Å²) in [6, 6.07) is 16.3. The van der Waals surface area contributed by atoms with Gasteiger partial charge in [0.15, 0.2) is 9.84 Å². The summed E-state index contributed by atoms with van der Waals surface area (Å²) in [5.74, 6) is -0.309. The summed E-state index contributed by atoms with van der Waals surface area (Å²) in [5, 5.41) is -0.720. The number of hydrogen-bond acceptors (Lipinski definition) is 4. The Kier molecular flexibility index (Phi) is 4.70. The molecule has 2 aromatic rings. The van der Waals surface area contributed by atoms with E-state index in [4.69, 9.17) is 22.7 Å². The zero-order valence-electron chi connectivity index (χ0n) is 14.2. The van der Waals surface area contributed by atoms with Gasteiger partial charge in [-0.15, -0.1) is 0 Å². The molecule has 0 bridgehead atoms. The maximum absolute atomic E-state index is 13.3. The molecule has 2 aromatic carbocycles. The van der Waals surface area contributed by atoms with Crippen molar-refractivity contribution < 1.29 is 13.2 Å². The minimum absolute atomic E-state index is 0.178. The average Bonchev–Trinajstić information content (AvgIpc) is 3.28. The summed E-state index contributed by atoms with van der Waals surface area (Å²) >= 11 is 5.29. The Morgan fingerprint density at radius 2 is 1.76 bits per heavy atom. The molecule has 1 saturated carbocycles. The van der Waals surface area contributed by atoms with E-state index in [1.54, 1.807) is 30.3 Å². The quantitative estimate of drug-likeness (QED) is 0.786. The second kappa shape index (κ2) is 6.52. The molecule has 1 fully saturated rings. The number of rotatable bonds is 6. The predicted octanol–water partition coefficient (Wildman–Crippen LogP) is 2.85. The van der Waals surface area contributed by atoms with Crippen molar-refractivity contribution in [2.75, 3.05) is 13.7 Å². The lowest BCUT2D eigenvalue weighted by Crippen LogP contribution is -2.33. The highest BCUT2D eigenvalue weighted by Gasteiger charge is 2.73. The lowest BCUT2D eigenvalue weighted by Gasteiger charge is -2.16. The molecular formula is C19H21NO3S2. The fraction of sp³-hybridized carbons (Fsp3) is 0.316. The Morgan fingerprint density at radius 1 is 1.16 bits per heavy atom. The molecule has 1 aliphatic carbocycles. The number of aryl methyl sites for hydroxylation is 1. The number of hydrogen-bond donors (Lipinski definition) is 1. The molecule has 1 aliphatic rings. The van der Waals surface area contributed by atoms with Crippen LogP contribution in [0.4, 0.5) is 0 Å². The summed E-state index contributed by atoms with van der Waals surface area (Å²) in [7, 11) is -2.06. The maximum Gasteiger partial charge on any atom is 0.182 e. The topological polar surface area (TPSA) is 69.4 Å². The van der Waals surface area contributed by atoms with Crippen molar-refractivity contribution in [3.63, 3.8) is 0 Å². The molecule has 4 nitrogen and oxygen atoms in total. The van der Waals surface area contributed by atoms with Crippen LogP contribution in [0.25, 0.3) is 0 Å². The fourth-order valence-electron chi connectivity index (χ4n) is 3.64. The van der Waals surface area contributed by atoms with Crippen molar-refractivity contribution in [2.45, 2.75) is 23.0 Å². The van der Waals surface area contributed by atoms with Gasteiger partial charge in [0.05, 0.1) is 27.2 Å². The molecule has 25 heavy (non-hydrogen) atoms. The standard InChI is InChI=1S/C19H21NO3S2/c1-13-8-10-14(11-9-13)16-17(19(16,12-23-2)18(20)24)25(21,22)15-6-4-3-5-7-15/h3-11,16-17H,12H2,1-2H3,(H2,20,24)/t16-,17+,19+/m1/s1. The molecule has 0 spiro atoms. The Morgan fingerprint density at radius 3 is 2.28 bits per heavy atom. The summed E-state index contributed by atoms with van der Waals surface area (Å²) in [5.41, 5.74) is 7.17. The minimum Gasteiger partial charge on any atom is -0.393 e. The van der Waals surface area contributed by atoms with Crippen LogP contribution in [-0.4, -0.2) is 32.4 Å². The Balaban J connectivity index is 2.12. The fourth-order valence-corrected chi connectivity index (χ4v) is 6.43. The van der Waals surface area contributed by atoms with Gasteiger partial charge in [-0.25, -0.2) is 8.42 Å². The summed E-state index contributed by atoms with van der Waals surface area (Å²) < 4.78 is 31.9. The Hall–Kier alpha value is -1.76. The first-order valence-corrected chi connectivity index (χ1v) is 9.95. The molecule has 2 N–H and O–H groups in total. The molecular weight excluding hydrogens is 354 g/mol. The van der Waals surface area contributed by atoms with Crippen LogP contribution in [0.15, 0.2) is 59.5 Å². The highest BCUT2D eigenvalue weighted by molar-refractivity contribution is 7.92. The second-order valence-electron chi connectivity index (χ2n) is 6.50. The zero-order valence-corrected chi connectivity index (χ0v) is 15.8. The van der Waals surface area contributed by atoms with Gasteiger partial charge in [0, 0.05) is 13.0 Å². The number of thiocarbonyl (C=S) groups is 1. The van der Waals surface area contributed by atoms with Gasteiger partial charge in [-0.05, 0) is 24.6 Å². The average molecular weight is 376 g/mol. The van der Waals surface area contributed by atoms with E-state index in [2.05, 4.69) is 0 Å². The third-order valence-electron chi connectivity index (χ3n) is 4.94. The van der Waals surface area contributed by atoms with Crippen LogP contribution >= 0.6 is 12.2 Å². The van der Waals surface area contributed by atoms with Crippen molar-refractivity contribution >= 4 is 27.0 Å². The number of sulfone groups is 1. The van der Waals surface area contributed by atoms with E-state index in [-0.39, 0.29) is 22.4 Å². The number of ether oxygens (including phenoxy) is 1. The second-order valence-corrected chi connectivity index (χ2v) is 9.01. The van der Waals surface area contributed by atoms with Crippen molar-refractivity contribution in [2.24, 2.45) is 11.1 Å². The van der Waals surface area contributed by atoms with Crippen molar-refractivity contribution in [1.82, 2.24) is 0 Å². The van der Waals surface area contributed by atoms with Gasteiger partial charge in [0.25, 0.3) is 0 Å². The first-order valence-electron chi connectivity index (χ1n) is 8.00. The van der Waals surface area contributed by atoms with E-state index in [9.17, 15) is 8.42 Å². The molecule has 0 amide bonds. The number of methoxy groups -OCH3 is 1. The third kappa shape index (κ3) is 2.88. The molecule has 0 radical (unpaired) electrons. The minimum atomic E-state index is -3.60. The lowest BCUT2D eigenvalue weighted by atomic mass is 9.99. The van der Waals surface area contributed by atoms with E-state index in [0.29, 0.717) is 0 Å². The van der Waals surface area contributed by atoms with E-state index < -0.39 is 20.5 Å². The largest absolute Gasteiger partial charge is 0.393 e. The van der Waals surface area contributed by atoms with E-state index in [0.717, 1.165) is 11.1 Å². The van der Waals surface area contributed by atoms with Gasteiger partial charge < -0.3 is 10.5 Å². The van der Waals surface area contributed by atoms with E-state index in [1.807, 2.05) is 31.2 Å². The SMILES string of the molecule is COC[C@]1(C(N)=S)[C@H](c2ccc(C)cc2)[C@@H]1S(=O)(=O)c1ccccc1.